The molecule has 0 spiro atoms. The van der Waals surface area contributed by atoms with Gasteiger partial charge >= 0.3 is 0 Å². The van der Waals surface area contributed by atoms with Crippen molar-refractivity contribution < 1.29 is 5.11 Å². The second-order valence-electron chi connectivity index (χ2n) is 4.83. The van der Waals surface area contributed by atoms with Crippen LogP contribution in [0.4, 0.5) is 0 Å². The van der Waals surface area contributed by atoms with Gasteiger partial charge in [0.15, 0.2) is 0 Å². The molecule has 1 heterocycles. The zero-order valence-corrected chi connectivity index (χ0v) is 10.7. The first-order chi connectivity index (χ1) is 7.65. The fraction of sp³-hybridized carbons (Fsp3) is 0.750. The number of nitrogens with zero attached hydrogens (tertiary/aromatic N) is 2. The van der Waals surface area contributed by atoms with Gasteiger partial charge in [-0.3, -0.25) is 4.68 Å². The Morgan fingerprint density at radius 2 is 2.06 bits per heavy atom. The molecule has 1 N–H and O–H groups in total. The lowest BCUT2D eigenvalue weighted by Gasteiger charge is -2.07. The van der Waals surface area contributed by atoms with Crippen molar-refractivity contribution in [1.29, 1.82) is 0 Å². The van der Waals surface area contributed by atoms with Crippen molar-refractivity contribution in [2.24, 2.45) is 0 Å². The summed E-state index contributed by atoms with van der Waals surface area (Å²) >= 11 is 6.24. The van der Waals surface area contributed by atoms with Crippen LogP contribution in [0, 0.1) is 0 Å². The zero-order chi connectivity index (χ0) is 11.7. The maximum atomic E-state index is 9.42. The van der Waals surface area contributed by atoms with E-state index >= 15 is 0 Å². The van der Waals surface area contributed by atoms with Gasteiger partial charge in [-0.25, -0.2) is 0 Å². The molecule has 0 aliphatic heterocycles. The molecular weight excluding hydrogens is 224 g/mol. The predicted molar refractivity (Wildman–Crippen MR) is 64.8 cm³/mol. The average molecular weight is 243 g/mol. The largest absolute Gasteiger partial charge is 0.391 e. The third kappa shape index (κ3) is 1.98. The maximum absolute atomic E-state index is 9.42. The molecule has 90 valence electrons. The number of aliphatic hydroxyl groups excluding tert-OH is 1. The van der Waals surface area contributed by atoms with Crippen LogP contribution in [0.25, 0.3) is 0 Å². The molecule has 16 heavy (non-hydrogen) atoms. The van der Waals surface area contributed by atoms with Gasteiger partial charge in [0.2, 0.25) is 0 Å². The van der Waals surface area contributed by atoms with E-state index in [0.717, 1.165) is 11.3 Å². The molecule has 1 aromatic heterocycles. The highest BCUT2D eigenvalue weighted by atomic mass is 35.5. The Labute approximate surface area is 101 Å². The molecule has 0 amide bonds. The van der Waals surface area contributed by atoms with Gasteiger partial charge in [0.05, 0.1) is 12.3 Å². The van der Waals surface area contributed by atoms with Gasteiger partial charge in [-0.1, -0.05) is 24.4 Å². The summed E-state index contributed by atoms with van der Waals surface area (Å²) in [6.45, 7) is 4.11. The van der Waals surface area contributed by atoms with E-state index in [4.69, 9.17) is 11.6 Å². The molecule has 0 atom stereocenters. The monoisotopic (exact) mass is 242 g/mol. The molecule has 4 heteroatoms. The van der Waals surface area contributed by atoms with Crippen LogP contribution in [0.15, 0.2) is 0 Å². The summed E-state index contributed by atoms with van der Waals surface area (Å²) in [6, 6.07) is 0.243. The number of hydrogen-bond donors (Lipinski definition) is 1. The first-order valence-corrected chi connectivity index (χ1v) is 6.40. The highest BCUT2D eigenvalue weighted by molar-refractivity contribution is 6.30. The number of halogens is 1. The van der Waals surface area contributed by atoms with E-state index in [-0.39, 0.29) is 12.6 Å². The van der Waals surface area contributed by atoms with Crippen molar-refractivity contribution in [3.05, 3.63) is 16.4 Å². The number of hydrogen-bond acceptors (Lipinski definition) is 2. The molecule has 0 aromatic carbocycles. The van der Waals surface area contributed by atoms with Crippen LogP contribution in [0.2, 0.25) is 5.15 Å². The van der Waals surface area contributed by atoms with Crippen molar-refractivity contribution in [1.82, 2.24) is 9.78 Å². The lowest BCUT2D eigenvalue weighted by Crippen LogP contribution is -2.04. The minimum absolute atomic E-state index is 0.00259. The minimum Gasteiger partial charge on any atom is -0.391 e. The average Bonchev–Trinajstić information content (AvgIpc) is 2.83. The second kappa shape index (κ2) is 4.76. The Balaban J connectivity index is 2.39. The normalized spacial score (nSPS) is 17.6. The molecule has 2 rings (SSSR count). The van der Waals surface area contributed by atoms with E-state index in [1.807, 2.05) is 4.68 Å². The Bertz CT molecular complexity index is 367. The molecule has 1 aromatic rings. The van der Waals surface area contributed by atoms with Gasteiger partial charge in [0.25, 0.3) is 0 Å². The van der Waals surface area contributed by atoms with Gasteiger partial charge in [-0.05, 0) is 26.7 Å². The molecule has 1 aliphatic rings. The van der Waals surface area contributed by atoms with Gasteiger partial charge < -0.3 is 5.11 Å². The van der Waals surface area contributed by atoms with Gasteiger partial charge in [-0.15, -0.1) is 0 Å². The highest BCUT2D eigenvalue weighted by Crippen LogP contribution is 2.37. The molecule has 1 aliphatic carbocycles. The molecule has 1 saturated carbocycles. The lowest BCUT2D eigenvalue weighted by molar-refractivity contribution is 0.280. The summed E-state index contributed by atoms with van der Waals surface area (Å²) in [6.07, 6.45) is 4.89. The van der Waals surface area contributed by atoms with E-state index in [1.54, 1.807) is 0 Å². The molecule has 0 radical (unpaired) electrons. The first kappa shape index (κ1) is 11.9. The van der Waals surface area contributed by atoms with Crippen molar-refractivity contribution in [2.75, 3.05) is 0 Å². The van der Waals surface area contributed by atoms with E-state index in [0.29, 0.717) is 11.1 Å². The van der Waals surface area contributed by atoms with Crippen LogP contribution in [-0.2, 0) is 6.61 Å². The minimum atomic E-state index is -0.00259. The van der Waals surface area contributed by atoms with Gasteiger partial charge in [0.1, 0.15) is 5.15 Å². The standard InChI is InChI=1S/C12H19ClN2O/c1-8(2)15-12(13)10(7-16)11(14-15)9-5-3-4-6-9/h8-9,16H,3-7H2,1-2H3. The van der Waals surface area contributed by atoms with Crippen LogP contribution in [-0.4, -0.2) is 14.9 Å². The van der Waals surface area contributed by atoms with E-state index < -0.39 is 0 Å². The van der Waals surface area contributed by atoms with Crippen molar-refractivity contribution >= 4 is 11.6 Å². The fourth-order valence-corrected chi connectivity index (χ4v) is 2.87. The van der Waals surface area contributed by atoms with E-state index in [2.05, 4.69) is 18.9 Å². The first-order valence-electron chi connectivity index (χ1n) is 6.02. The molecule has 0 bridgehead atoms. The lowest BCUT2D eigenvalue weighted by atomic mass is 10.0. The summed E-state index contributed by atoms with van der Waals surface area (Å²) < 4.78 is 1.82. The van der Waals surface area contributed by atoms with Gasteiger partial charge in [0, 0.05) is 17.5 Å². The fourth-order valence-electron chi connectivity index (χ4n) is 2.48. The SMILES string of the molecule is CC(C)n1nc(C2CCCC2)c(CO)c1Cl. The van der Waals surface area contributed by atoms with Crippen LogP contribution in [0.1, 0.15) is 62.7 Å². The summed E-state index contributed by atoms with van der Waals surface area (Å²) in [5.74, 6) is 0.500. The molecule has 0 saturated heterocycles. The Kier molecular flexibility index (Phi) is 3.55. The highest BCUT2D eigenvalue weighted by Gasteiger charge is 2.26. The summed E-state index contributed by atoms with van der Waals surface area (Å²) in [5, 5.41) is 14.6. The van der Waals surface area contributed by atoms with E-state index in [1.165, 1.54) is 25.7 Å². The quantitative estimate of drug-likeness (QED) is 0.884. The Morgan fingerprint density at radius 3 is 2.56 bits per heavy atom. The molecule has 3 nitrogen and oxygen atoms in total. The zero-order valence-electron chi connectivity index (χ0n) is 9.91. The smallest absolute Gasteiger partial charge is 0.133 e. The number of aromatic nitrogens is 2. The van der Waals surface area contributed by atoms with Crippen LogP contribution >= 0.6 is 11.6 Å². The van der Waals surface area contributed by atoms with Crippen LogP contribution < -0.4 is 0 Å². The summed E-state index contributed by atoms with van der Waals surface area (Å²) in [4.78, 5) is 0. The summed E-state index contributed by atoms with van der Waals surface area (Å²) in [5.41, 5.74) is 1.86. The van der Waals surface area contributed by atoms with Crippen LogP contribution in [0.5, 0.6) is 0 Å². The Hall–Kier alpha value is -0.540. The third-order valence-corrected chi connectivity index (χ3v) is 3.77. The molecule has 0 unspecified atom stereocenters. The topological polar surface area (TPSA) is 38.0 Å². The van der Waals surface area contributed by atoms with Crippen molar-refractivity contribution in [3.63, 3.8) is 0 Å². The third-order valence-electron chi connectivity index (χ3n) is 3.36. The molecule has 1 fully saturated rings. The maximum Gasteiger partial charge on any atom is 0.133 e. The van der Waals surface area contributed by atoms with Crippen molar-refractivity contribution in [2.45, 2.75) is 58.1 Å². The molecular formula is C12H19ClN2O. The number of aliphatic hydroxyl groups is 1. The van der Waals surface area contributed by atoms with Crippen molar-refractivity contribution in [3.8, 4) is 0 Å². The predicted octanol–water partition coefficient (Wildman–Crippen LogP) is 3.27. The van der Waals surface area contributed by atoms with Crippen LogP contribution in [0.3, 0.4) is 0 Å². The number of rotatable bonds is 3. The summed E-state index contributed by atoms with van der Waals surface area (Å²) in [7, 11) is 0. The van der Waals surface area contributed by atoms with Gasteiger partial charge in [-0.2, -0.15) is 5.10 Å². The van der Waals surface area contributed by atoms with E-state index in [9.17, 15) is 5.11 Å². The second-order valence-corrected chi connectivity index (χ2v) is 5.19. The Morgan fingerprint density at radius 1 is 1.44 bits per heavy atom.